The second kappa shape index (κ2) is 9.95. The molecule has 9 heteroatoms. The lowest BCUT2D eigenvalue weighted by Gasteiger charge is -2.28. The number of methoxy groups -OCH3 is 1. The zero-order valence-corrected chi connectivity index (χ0v) is 20.7. The second-order valence-corrected chi connectivity index (χ2v) is 8.88. The van der Waals surface area contributed by atoms with Gasteiger partial charge in [0, 0.05) is 24.0 Å². The molecular formula is C29H25N5O4. The van der Waals surface area contributed by atoms with Crippen molar-refractivity contribution in [3.63, 3.8) is 0 Å². The first kappa shape index (κ1) is 23.6. The molecule has 0 aliphatic carbocycles. The molecule has 4 heterocycles. The fourth-order valence-corrected chi connectivity index (χ4v) is 4.77. The molecule has 1 aliphatic rings. The summed E-state index contributed by atoms with van der Waals surface area (Å²) < 4.78 is 12.9. The number of pyridine rings is 1. The Kier molecular flexibility index (Phi) is 6.19. The number of nitrogens with zero attached hydrogens (tertiary/aromatic N) is 5. The largest absolute Gasteiger partial charge is 0.497 e. The zero-order valence-electron chi connectivity index (χ0n) is 20.7. The third-order valence-electron chi connectivity index (χ3n) is 6.62. The molecule has 0 spiro atoms. The van der Waals surface area contributed by atoms with E-state index in [2.05, 4.69) is 15.0 Å². The van der Waals surface area contributed by atoms with E-state index in [1.165, 1.54) is 0 Å². The molecule has 0 atom stereocenters. The van der Waals surface area contributed by atoms with Gasteiger partial charge in [0.2, 0.25) is 0 Å². The molecule has 0 radical (unpaired) electrons. The maximum atomic E-state index is 11.6. The number of morpholine rings is 1. The topological polar surface area (TPSA) is 102 Å². The number of ether oxygens (including phenoxy) is 2. The fourth-order valence-electron chi connectivity index (χ4n) is 4.77. The molecular weight excluding hydrogens is 482 g/mol. The van der Waals surface area contributed by atoms with Crippen LogP contribution in [0.4, 0.5) is 5.69 Å². The van der Waals surface area contributed by atoms with Crippen molar-refractivity contribution in [3.8, 4) is 17.0 Å². The minimum Gasteiger partial charge on any atom is -0.497 e. The summed E-state index contributed by atoms with van der Waals surface area (Å²) in [6.45, 7) is 2.90. The van der Waals surface area contributed by atoms with E-state index in [4.69, 9.17) is 14.5 Å². The van der Waals surface area contributed by atoms with Crippen molar-refractivity contribution in [3.05, 3.63) is 83.8 Å². The van der Waals surface area contributed by atoms with Crippen LogP contribution in [0.2, 0.25) is 0 Å². The molecule has 0 amide bonds. The first-order chi connectivity index (χ1) is 18.6. The predicted octanol–water partition coefficient (Wildman–Crippen LogP) is 4.66. The van der Waals surface area contributed by atoms with Crippen molar-refractivity contribution in [2.24, 2.45) is 0 Å². The van der Waals surface area contributed by atoms with Gasteiger partial charge in [0.1, 0.15) is 11.4 Å². The van der Waals surface area contributed by atoms with Crippen LogP contribution in [0.25, 0.3) is 40.0 Å². The third kappa shape index (κ3) is 4.33. The second-order valence-electron chi connectivity index (χ2n) is 8.88. The number of anilines is 1. The summed E-state index contributed by atoms with van der Waals surface area (Å²) in [5.74, 6) is -0.237. The number of hydrogen-bond acceptors (Lipinski definition) is 7. The average Bonchev–Trinajstić information content (AvgIpc) is 3.34. The molecule has 1 aliphatic heterocycles. The minimum atomic E-state index is -0.975. The Hall–Kier alpha value is -4.76. The normalized spacial score (nSPS) is 14.0. The number of imidazole rings is 1. The highest BCUT2D eigenvalue weighted by molar-refractivity contribution is 6.02. The van der Waals surface area contributed by atoms with Crippen molar-refractivity contribution in [1.29, 1.82) is 0 Å². The van der Waals surface area contributed by atoms with Gasteiger partial charge >= 0.3 is 5.97 Å². The molecule has 1 fully saturated rings. The van der Waals surface area contributed by atoms with Gasteiger partial charge in [0.05, 0.1) is 54.7 Å². The van der Waals surface area contributed by atoms with Gasteiger partial charge < -0.3 is 19.5 Å². The predicted molar refractivity (Wildman–Crippen MR) is 146 cm³/mol. The molecule has 0 saturated carbocycles. The minimum absolute atomic E-state index is 0.230. The summed E-state index contributed by atoms with van der Waals surface area (Å²) in [5.41, 5.74) is 5.77. The van der Waals surface area contributed by atoms with Gasteiger partial charge in [-0.25, -0.2) is 19.3 Å². The number of fused-ring (bicyclic) bond motifs is 2. The van der Waals surface area contributed by atoms with Crippen LogP contribution in [0.5, 0.6) is 5.75 Å². The van der Waals surface area contributed by atoms with E-state index in [0.717, 1.165) is 47.1 Å². The van der Waals surface area contributed by atoms with Crippen LogP contribution in [0.15, 0.2) is 66.9 Å². The molecule has 6 rings (SSSR count). The molecule has 3 aromatic heterocycles. The molecule has 5 aromatic rings. The van der Waals surface area contributed by atoms with Crippen molar-refractivity contribution in [2.75, 3.05) is 38.3 Å². The highest BCUT2D eigenvalue weighted by Gasteiger charge is 2.21. The van der Waals surface area contributed by atoms with Gasteiger partial charge in [-0.15, -0.1) is 0 Å². The smallest absolute Gasteiger partial charge is 0.336 e. The van der Waals surface area contributed by atoms with Gasteiger partial charge in [0.25, 0.3) is 0 Å². The van der Waals surface area contributed by atoms with Crippen molar-refractivity contribution < 1.29 is 19.4 Å². The number of hydrogen-bond donors (Lipinski definition) is 1. The van der Waals surface area contributed by atoms with E-state index in [0.29, 0.717) is 29.8 Å². The number of aromatic carboxylic acids is 1. The highest BCUT2D eigenvalue weighted by atomic mass is 16.5. The van der Waals surface area contributed by atoms with Gasteiger partial charge in [-0.1, -0.05) is 18.2 Å². The van der Waals surface area contributed by atoms with Crippen LogP contribution in [-0.2, 0) is 4.74 Å². The SMILES string of the molecule is COc1cccc(-c2c(C=Cc3ccc4c(C(=O)O)cccc4n3)nc3c(N4CCOCC4)ccnn23)c1. The van der Waals surface area contributed by atoms with E-state index in [1.807, 2.05) is 59.1 Å². The highest BCUT2D eigenvalue weighted by Crippen LogP contribution is 2.32. The van der Waals surface area contributed by atoms with Gasteiger partial charge in [-0.05, 0) is 54.6 Å². The van der Waals surface area contributed by atoms with Crippen LogP contribution < -0.4 is 9.64 Å². The first-order valence-electron chi connectivity index (χ1n) is 12.3. The summed E-state index contributed by atoms with van der Waals surface area (Å²) in [4.78, 5) is 23.5. The van der Waals surface area contributed by atoms with E-state index >= 15 is 0 Å². The van der Waals surface area contributed by atoms with E-state index < -0.39 is 5.97 Å². The summed E-state index contributed by atoms with van der Waals surface area (Å²) in [7, 11) is 1.64. The Balaban J connectivity index is 1.48. The molecule has 2 aromatic carbocycles. The number of rotatable bonds is 6. The Morgan fingerprint density at radius 2 is 1.87 bits per heavy atom. The Morgan fingerprint density at radius 1 is 1.03 bits per heavy atom. The van der Waals surface area contributed by atoms with Gasteiger partial charge in [-0.2, -0.15) is 5.10 Å². The van der Waals surface area contributed by atoms with Crippen LogP contribution in [0, 0.1) is 0 Å². The maximum Gasteiger partial charge on any atom is 0.336 e. The summed E-state index contributed by atoms with van der Waals surface area (Å²) in [6, 6.07) is 18.5. The standard InChI is InChI=1S/C29H25N5O4/c1-37-21-5-2-4-19(18-21)27-25(32-28-26(12-13-30-34(27)28)33-14-16-38-17-15-33)11-9-20-8-10-22-23(29(35)36)6-3-7-24(22)31-20/h2-13,18H,14-17H2,1H3,(H,35,36). The van der Waals surface area contributed by atoms with Crippen LogP contribution in [-0.4, -0.2) is 64.1 Å². The molecule has 0 unspecified atom stereocenters. The Bertz CT molecular complexity index is 1690. The van der Waals surface area contributed by atoms with E-state index in [1.54, 1.807) is 31.5 Å². The van der Waals surface area contributed by atoms with E-state index in [9.17, 15) is 9.90 Å². The lowest BCUT2D eigenvalue weighted by molar-refractivity contribution is 0.0699. The molecule has 38 heavy (non-hydrogen) atoms. The van der Waals surface area contributed by atoms with Crippen molar-refractivity contribution in [2.45, 2.75) is 0 Å². The zero-order chi connectivity index (χ0) is 26.1. The summed E-state index contributed by atoms with van der Waals surface area (Å²) >= 11 is 0. The third-order valence-corrected chi connectivity index (χ3v) is 6.62. The number of benzene rings is 2. The summed E-state index contributed by atoms with van der Waals surface area (Å²) in [6.07, 6.45) is 5.59. The van der Waals surface area contributed by atoms with Crippen LogP contribution in [0.3, 0.4) is 0 Å². The maximum absolute atomic E-state index is 11.6. The monoisotopic (exact) mass is 507 g/mol. The number of carboxylic acids is 1. The molecule has 1 saturated heterocycles. The molecule has 9 nitrogen and oxygen atoms in total. The Labute approximate surface area is 218 Å². The van der Waals surface area contributed by atoms with Crippen LogP contribution in [0.1, 0.15) is 21.7 Å². The van der Waals surface area contributed by atoms with Crippen molar-refractivity contribution >= 4 is 40.4 Å². The van der Waals surface area contributed by atoms with Crippen LogP contribution >= 0.6 is 0 Å². The molecule has 190 valence electrons. The van der Waals surface area contributed by atoms with Crippen molar-refractivity contribution in [1.82, 2.24) is 19.6 Å². The average molecular weight is 508 g/mol. The van der Waals surface area contributed by atoms with Gasteiger partial charge in [0.15, 0.2) is 5.65 Å². The molecule has 1 N–H and O–H groups in total. The summed E-state index contributed by atoms with van der Waals surface area (Å²) in [5, 5.41) is 14.7. The lowest BCUT2D eigenvalue weighted by Crippen LogP contribution is -2.36. The number of carboxylic acid groups (broad SMARTS) is 1. The Morgan fingerprint density at radius 3 is 2.68 bits per heavy atom. The lowest BCUT2D eigenvalue weighted by atomic mass is 10.1. The fraction of sp³-hybridized carbons (Fsp3) is 0.172. The first-order valence-corrected chi connectivity index (χ1v) is 12.3. The van der Waals surface area contributed by atoms with E-state index in [-0.39, 0.29) is 5.56 Å². The molecule has 0 bridgehead atoms. The quantitative estimate of drug-likeness (QED) is 0.354. The van der Waals surface area contributed by atoms with Gasteiger partial charge in [-0.3, -0.25) is 0 Å². The number of carbonyl (C=O) groups is 1. The number of aromatic nitrogens is 4.